The van der Waals surface area contributed by atoms with Gasteiger partial charge in [0, 0.05) is 35.5 Å². The van der Waals surface area contributed by atoms with Crippen LogP contribution in [0.4, 0.5) is 0 Å². The van der Waals surface area contributed by atoms with Gasteiger partial charge in [0.2, 0.25) is 11.8 Å². The zero-order valence-electron chi connectivity index (χ0n) is 14.6. The van der Waals surface area contributed by atoms with Crippen LogP contribution in [-0.4, -0.2) is 23.0 Å². The molecule has 0 saturated heterocycles. The highest BCUT2D eigenvalue weighted by Crippen LogP contribution is 2.27. The minimum Gasteiger partial charge on any atom is -0.492 e. The topological polar surface area (TPSA) is 89.4 Å². The second-order valence-electron chi connectivity index (χ2n) is 5.67. The number of thiazole rings is 1. The Kier molecular flexibility index (Phi) is 8.15. The molecule has 0 unspecified atom stereocenters. The lowest BCUT2D eigenvalue weighted by Crippen LogP contribution is -2.42. The number of rotatable bonds is 8. The number of ether oxygens (including phenoxy) is 1. The number of nitrogens with zero attached hydrogens (tertiary/aromatic N) is 1. The highest BCUT2D eigenvalue weighted by atomic mass is 35.5. The third kappa shape index (κ3) is 6.89. The number of amides is 2. The first-order valence-corrected chi connectivity index (χ1v) is 9.81. The molecule has 1 heterocycles. The monoisotopic (exact) mass is 431 g/mol. The van der Waals surface area contributed by atoms with Crippen LogP contribution >= 0.6 is 34.5 Å². The maximum absolute atomic E-state index is 11.8. The van der Waals surface area contributed by atoms with Crippen molar-refractivity contribution in [3.63, 3.8) is 0 Å². The number of hydrazine groups is 1. The van der Waals surface area contributed by atoms with Crippen molar-refractivity contribution in [2.75, 3.05) is 6.61 Å². The molecule has 146 valence electrons. The van der Waals surface area contributed by atoms with E-state index in [0.29, 0.717) is 28.8 Å². The first kappa shape index (κ1) is 21.3. The Labute approximate surface area is 170 Å². The summed E-state index contributed by atoms with van der Waals surface area (Å²) in [6, 6.07) is 4.90. The lowest BCUT2D eigenvalue weighted by molar-refractivity contribution is -0.129. The molecule has 0 spiro atoms. The molecule has 10 heteroatoms. The van der Waals surface area contributed by atoms with E-state index in [-0.39, 0.29) is 36.1 Å². The number of hydrogen-bond donors (Lipinski definition) is 2. The van der Waals surface area contributed by atoms with E-state index in [2.05, 4.69) is 10.9 Å². The van der Waals surface area contributed by atoms with Crippen molar-refractivity contribution >= 4 is 46.4 Å². The van der Waals surface area contributed by atoms with Crippen molar-refractivity contribution in [1.29, 1.82) is 0 Å². The molecule has 0 saturated carbocycles. The van der Waals surface area contributed by atoms with E-state index in [1.807, 2.05) is 0 Å². The fraction of sp³-hybridized carbons (Fsp3) is 0.353. The number of carbonyl (C=O) groups excluding carboxylic acids is 2. The van der Waals surface area contributed by atoms with Crippen LogP contribution in [0.25, 0.3) is 0 Å². The summed E-state index contributed by atoms with van der Waals surface area (Å²) >= 11 is 12.9. The molecule has 0 aliphatic rings. The summed E-state index contributed by atoms with van der Waals surface area (Å²) in [5, 5.41) is 2.65. The highest BCUT2D eigenvalue weighted by Gasteiger charge is 2.08. The number of aromatic nitrogens is 1. The highest BCUT2D eigenvalue weighted by molar-refractivity contribution is 7.07. The van der Waals surface area contributed by atoms with Crippen LogP contribution in [0.3, 0.4) is 0 Å². The predicted molar refractivity (Wildman–Crippen MR) is 105 cm³/mol. The summed E-state index contributed by atoms with van der Waals surface area (Å²) in [6.07, 6.45) is 0.717. The lowest BCUT2D eigenvalue weighted by Gasteiger charge is -2.09. The van der Waals surface area contributed by atoms with Gasteiger partial charge >= 0.3 is 4.87 Å². The van der Waals surface area contributed by atoms with Gasteiger partial charge in [0.1, 0.15) is 5.75 Å². The average molecular weight is 432 g/mol. The summed E-state index contributed by atoms with van der Waals surface area (Å²) in [5.41, 5.74) is 5.48. The van der Waals surface area contributed by atoms with Crippen molar-refractivity contribution in [1.82, 2.24) is 15.4 Å². The number of hydrogen-bond acceptors (Lipinski definition) is 5. The molecule has 27 heavy (non-hydrogen) atoms. The Morgan fingerprint density at radius 1 is 1.19 bits per heavy atom. The Morgan fingerprint density at radius 3 is 2.52 bits per heavy atom. The molecule has 2 aromatic rings. The molecule has 7 nitrogen and oxygen atoms in total. The maximum Gasteiger partial charge on any atom is 0.307 e. The summed E-state index contributed by atoms with van der Waals surface area (Å²) in [6.45, 7) is 2.37. The van der Waals surface area contributed by atoms with Gasteiger partial charge in [-0.15, -0.1) is 0 Å². The van der Waals surface area contributed by atoms with Crippen molar-refractivity contribution in [3.8, 4) is 5.75 Å². The number of carbonyl (C=O) groups is 2. The quantitative estimate of drug-likeness (QED) is 0.496. The van der Waals surface area contributed by atoms with Gasteiger partial charge in [-0.2, -0.15) is 0 Å². The molecule has 0 fully saturated rings. The average Bonchev–Trinajstić information content (AvgIpc) is 2.94. The van der Waals surface area contributed by atoms with Crippen molar-refractivity contribution < 1.29 is 14.3 Å². The second kappa shape index (κ2) is 10.3. The summed E-state index contributed by atoms with van der Waals surface area (Å²) in [5.74, 6) is -0.211. The minimum atomic E-state index is -0.370. The van der Waals surface area contributed by atoms with Crippen LogP contribution in [0.1, 0.15) is 25.0 Å². The Hall–Kier alpha value is -2.03. The molecule has 1 aromatic carbocycles. The van der Waals surface area contributed by atoms with Crippen molar-refractivity contribution in [2.24, 2.45) is 0 Å². The van der Waals surface area contributed by atoms with Crippen LogP contribution in [0, 0.1) is 6.92 Å². The molecule has 0 radical (unpaired) electrons. The summed E-state index contributed by atoms with van der Waals surface area (Å²) in [7, 11) is 0. The molecule has 2 N–H and O–H groups in total. The Balaban J connectivity index is 1.61. The van der Waals surface area contributed by atoms with Crippen LogP contribution in [0.15, 0.2) is 28.4 Å². The fourth-order valence-corrected chi connectivity index (χ4v) is 3.38. The fourth-order valence-electron chi connectivity index (χ4n) is 2.16. The molecule has 1 aromatic heterocycles. The molecular formula is C17H19Cl2N3O4S. The zero-order chi connectivity index (χ0) is 19.8. The van der Waals surface area contributed by atoms with E-state index in [9.17, 15) is 14.4 Å². The predicted octanol–water partition coefficient (Wildman–Crippen LogP) is 2.92. The van der Waals surface area contributed by atoms with Gasteiger partial charge in [-0.05, 0) is 31.5 Å². The minimum absolute atomic E-state index is 0.0932. The van der Waals surface area contributed by atoms with Crippen molar-refractivity contribution in [2.45, 2.75) is 32.7 Å². The normalized spacial score (nSPS) is 10.5. The van der Waals surface area contributed by atoms with Crippen LogP contribution < -0.4 is 20.5 Å². The first-order valence-electron chi connectivity index (χ1n) is 8.17. The van der Waals surface area contributed by atoms with Gasteiger partial charge in [0.05, 0.1) is 11.6 Å². The lowest BCUT2D eigenvalue weighted by atomic mass is 10.3. The molecule has 0 aliphatic carbocycles. The number of halogens is 2. The third-order valence-corrected chi connectivity index (χ3v) is 4.99. The van der Waals surface area contributed by atoms with Gasteiger partial charge in [0.25, 0.3) is 0 Å². The second-order valence-corrected chi connectivity index (χ2v) is 7.33. The third-order valence-electron chi connectivity index (χ3n) is 3.58. The standard InChI is InChI=1S/C17H19Cl2N3O4S/c1-11-10-27-17(25)22(11)7-6-16(24)21-20-15(23)3-2-8-26-14-5-4-12(18)9-13(14)19/h4-5,9-10H,2-3,6-8H2,1H3,(H,20,23)(H,21,24). The molecule has 0 aliphatic heterocycles. The van der Waals surface area contributed by atoms with Crippen molar-refractivity contribution in [3.05, 3.63) is 49.0 Å². The SMILES string of the molecule is Cc1csc(=O)n1CCC(=O)NNC(=O)CCCOc1ccc(Cl)cc1Cl. The van der Waals surface area contributed by atoms with E-state index in [0.717, 1.165) is 17.0 Å². The van der Waals surface area contributed by atoms with Gasteiger partial charge in [-0.25, -0.2) is 0 Å². The molecule has 0 atom stereocenters. The van der Waals surface area contributed by atoms with Crippen LogP contribution in [0.2, 0.25) is 10.0 Å². The summed E-state index contributed by atoms with van der Waals surface area (Å²) < 4.78 is 7.00. The summed E-state index contributed by atoms with van der Waals surface area (Å²) in [4.78, 5) is 34.9. The number of benzene rings is 1. The molecule has 2 amide bonds. The largest absolute Gasteiger partial charge is 0.492 e. The van der Waals surface area contributed by atoms with E-state index < -0.39 is 0 Å². The van der Waals surface area contributed by atoms with E-state index >= 15 is 0 Å². The Bertz CT molecular complexity index is 866. The molecule has 0 bridgehead atoms. The smallest absolute Gasteiger partial charge is 0.307 e. The van der Waals surface area contributed by atoms with Gasteiger partial charge in [-0.3, -0.25) is 25.2 Å². The maximum atomic E-state index is 11.8. The molecular weight excluding hydrogens is 413 g/mol. The first-order chi connectivity index (χ1) is 12.9. The zero-order valence-corrected chi connectivity index (χ0v) is 16.9. The van der Waals surface area contributed by atoms with Gasteiger partial charge in [-0.1, -0.05) is 34.5 Å². The Morgan fingerprint density at radius 2 is 1.89 bits per heavy atom. The van der Waals surface area contributed by atoms with E-state index in [1.165, 1.54) is 4.57 Å². The van der Waals surface area contributed by atoms with E-state index in [4.69, 9.17) is 27.9 Å². The van der Waals surface area contributed by atoms with Gasteiger partial charge < -0.3 is 9.30 Å². The number of aryl methyl sites for hydroxylation is 1. The van der Waals surface area contributed by atoms with Gasteiger partial charge in [0.15, 0.2) is 0 Å². The van der Waals surface area contributed by atoms with Crippen LogP contribution in [-0.2, 0) is 16.1 Å². The number of nitrogens with one attached hydrogen (secondary N) is 2. The molecule has 2 rings (SSSR count). The van der Waals surface area contributed by atoms with Crippen LogP contribution in [0.5, 0.6) is 5.75 Å². The van der Waals surface area contributed by atoms with E-state index in [1.54, 1.807) is 30.5 Å².